The molecule has 35 heavy (non-hydrogen) atoms. The van der Waals surface area contributed by atoms with E-state index < -0.39 is 11.5 Å². The van der Waals surface area contributed by atoms with E-state index in [2.05, 4.69) is 28.2 Å². The number of nitrogens with two attached hydrogens (primary N) is 1. The van der Waals surface area contributed by atoms with Gasteiger partial charge in [0.2, 0.25) is 0 Å². The minimum atomic E-state index is -0.872. The number of rotatable bonds is 6. The van der Waals surface area contributed by atoms with Gasteiger partial charge in [-0.15, -0.1) is 0 Å². The van der Waals surface area contributed by atoms with Gasteiger partial charge in [-0.05, 0) is 69.0 Å². The summed E-state index contributed by atoms with van der Waals surface area (Å²) in [6, 6.07) is 18.2. The highest BCUT2D eigenvalue weighted by Crippen LogP contribution is 2.33. The number of hydrogen-bond donors (Lipinski definition) is 2. The van der Waals surface area contributed by atoms with Crippen LogP contribution < -0.4 is 5.73 Å². The van der Waals surface area contributed by atoms with Gasteiger partial charge < -0.3 is 10.8 Å². The van der Waals surface area contributed by atoms with Crippen molar-refractivity contribution in [3.8, 4) is 16.8 Å². The highest BCUT2D eigenvalue weighted by atomic mass is 16.3. The lowest BCUT2D eigenvalue weighted by atomic mass is 9.97. The number of para-hydroxylation sites is 1. The molecule has 0 saturated carbocycles. The van der Waals surface area contributed by atoms with Crippen LogP contribution in [0.3, 0.4) is 0 Å². The van der Waals surface area contributed by atoms with E-state index in [-0.39, 0.29) is 5.69 Å². The number of primary amides is 1. The zero-order valence-electron chi connectivity index (χ0n) is 20.0. The lowest BCUT2D eigenvalue weighted by Gasteiger charge is -2.17. The Morgan fingerprint density at radius 2 is 1.86 bits per heavy atom. The van der Waals surface area contributed by atoms with Gasteiger partial charge in [0.15, 0.2) is 0 Å². The molecule has 3 aromatic heterocycles. The van der Waals surface area contributed by atoms with Crippen LogP contribution in [0.2, 0.25) is 0 Å². The van der Waals surface area contributed by atoms with Crippen molar-refractivity contribution in [2.45, 2.75) is 39.2 Å². The van der Waals surface area contributed by atoms with Gasteiger partial charge in [-0.25, -0.2) is 9.67 Å². The van der Waals surface area contributed by atoms with Crippen LogP contribution in [-0.4, -0.2) is 36.4 Å². The topological polar surface area (TPSA) is 107 Å². The summed E-state index contributed by atoms with van der Waals surface area (Å²) < 4.78 is 1.84. The molecule has 0 saturated heterocycles. The summed E-state index contributed by atoms with van der Waals surface area (Å²) in [7, 11) is 0. The van der Waals surface area contributed by atoms with Crippen LogP contribution in [-0.2, 0) is 6.42 Å². The smallest absolute Gasteiger partial charge is 0.267 e. The number of nitrogens with zero attached hydrogens (tertiary/aromatic N) is 4. The van der Waals surface area contributed by atoms with Gasteiger partial charge >= 0.3 is 0 Å². The van der Waals surface area contributed by atoms with E-state index in [1.165, 1.54) is 0 Å². The Morgan fingerprint density at radius 1 is 1.06 bits per heavy atom. The molecule has 0 aliphatic rings. The number of fused-ring (bicyclic) bond motifs is 2. The fraction of sp³-hybridized carbons (Fsp3) is 0.214. The van der Waals surface area contributed by atoms with Crippen LogP contribution in [0.1, 0.15) is 42.0 Å². The molecule has 0 atom stereocenters. The number of carbonyl (C=O) groups is 1. The average molecular weight is 466 g/mol. The van der Waals surface area contributed by atoms with Gasteiger partial charge in [-0.2, -0.15) is 5.10 Å². The Labute approximate surface area is 203 Å². The Hall–Kier alpha value is -4.10. The SMILES string of the molecule is Cc1nn(-c2cnc(C(N)=O)c(CCC(C)(C)O)c2)c2cccc(-c3cnc4ccccc4c3)c12. The van der Waals surface area contributed by atoms with Crippen molar-refractivity contribution in [3.63, 3.8) is 0 Å². The van der Waals surface area contributed by atoms with Crippen LogP contribution in [0, 0.1) is 6.92 Å². The van der Waals surface area contributed by atoms with Gasteiger partial charge in [-0.1, -0.05) is 30.3 Å². The number of amides is 1. The lowest BCUT2D eigenvalue weighted by molar-refractivity contribution is 0.0711. The first-order valence-corrected chi connectivity index (χ1v) is 11.6. The first-order valence-electron chi connectivity index (χ1n) is 11.6. The Balaban J connectivity index is 1.64. The van der Waals surface area contributed by atoms with Crippen molar-refractivity contribution >= 4 is 27.7 Å². The minimum absolute atomic E-state index is 0.217. The molecule has 0 unspecified atom stereocenters. The normalized spacial score (nSPS) is 11.9. The molecule has 3 heterocycles. The fourth-order valence-electron chi connectivity index (χ4n) is 4.47. The lowest BCUT2D eigenvalue weighted by Crippen LogP contribution is -2.22. The number of pyridine rings is 2. The molecule has 5 rings (SSSR count). The van der Waals surface area contributed by atoms with E-state index in [0.29, 0.717) is 18.4 Å². The van der Waals surface area contributed by atoms with Crippen molar-refractivity contribution < 1.29 is 9.90 Å². The largest absolute Gasteiger partial charge is 0.390 e. The second kappa shape index (κ2) is 8.60. The molecule has 7 heteroatoms. The minimum Gasteiger partial charge on any atom is -0.390 e. The van der Waals surface area contributed by atoms with E-state index in [4.69, 9.17) is 10.8 Å². The zero-order valence-corrected chi connectivity index (χ0v) is 20.0. The number of benzene rings is 2. The van der Waals surface area contributed by atoms with Gasteiger partial charge in [0, 0.05) is 22.5 Å². The van der Waals surface area contributed by atoms with Gasteiger partial charge in [0.1, 0.15) is 5.69 Å². The van der Waals surface area contributed by atoms with Crippen LogP contribution in [0.25, 0.3) is 38.6 Å². The maximum atomic E-state index is 12.0. The Kier molecular flexibility index (Phi) is 5.57. The van der Waals surface area contributed by atoms with Gasteiger partial charge in [0.05, 0.1) is 34.2 Å². The summed E-state index contributed by atoms with van der Waals surface area (Å²) in [5.74, 6) is -0.588. The van der Waals surface area contributed by atoms with Crippen molar-refractivity contribution in [2.24, 2.45) is 5.73 Å². The Morgan fingerprint density at radius 3 is 2.63 bits per heavy atom. The monoisotopic (exact) mass is 465 g/mol. The van der Waals surface area contributed by atoms with E-state index in [1.807, 2.05) is 54.2 Å². The van der Waals surface area contributed by atoms with Gasteiger partial charge in [-0.3, -0.25) is 9.78 Å². The second-order valence-electron chi connectivity index (χ2n) is 9.49. The van der Waals surface area contributed by atoms with Gasteiger partial charge in [0.25, 0.3) is 5.91 Å². The third kappa shape index (κ3) is 4.38. The van der Waals surface area contributed by atoms with Crippen molar-refractivity contribution in [1.29, 1.82) is 0 Å². The zero-order chi connectivity index (χ0) is 24.7. The maximum Gasteiger partial charge on any atom is 0.267 e. The van der Waals surface area contributed by atoms with Crippen LogP contribution in [0.15, 0.2) is 67.0 Å². The maximum absolute atomic E-state index is 12.0. The molecule has 7 nitrogen and oxygen atoms in total. The third-order valence-corrected chi connectivity index (χ3v) is 6.22. The molecule has 0 bridgehead atoms. The molecule has 176 valence electrons. The van der Waals surface area contributed by atoms with Crippen LogP contribution in [0.5, 0.6) is 0 Å². The molecule has 0 aliphatic heterocycles. The molecule has 0 fully saturated rings. The Bertz CT molecular complexity index is 1580. The highest BCUT2D eigenvalue weighted by Gasteiger charge is 2.19. The first-order chi connectivity index (χ1) is 16.7. The molecule has 0 radical (unpaired) electrons. The number of aliphatic hydroxyl groups is 1. The third-order valence-electron chi connectivity index (χ3n) is 6.22. The number of aromatic nitrogens is 4. The molecular weight excluding hydrogens is 438 g/mol. The predicted molar refractivity (Wildman–Crippen MR) is 137 cm³/mol. The first kappa shape index (κ1) is 22.7. The number of hydrogen-bond acceptors (Lipinski definition) is 5. The van der Waals surface area contributed by atoms with Crippen molar-refractivity contribution in [3.05, 3.63) is 83.9 Å². The molecule has 5 aromatic rings. The fourth-order valence-corrected chi connectivity index (χ4v) is 4.47. The van der Waals surface area contributed by atoms with E-state index in [0.717, 1.165) is 44.3 Å². The molecule has 0 aliphatic carbocycles. The summed E-state index contributed by atoms with van der Waals surface area (Å²) in [5, 5.41) is 17.1. The molecule has 2 aromatic carbocycles. The molecule has 0 spiro atoms. The summed E-state index contributed by atoms with van der Waals surface area (Å²) >= 11 is 0. The summed E-state index contributed by atoms with van der Waals surface area (Å²) in [6.07, 6.45) is 4.45. The average Bonchev–Trinajstić information content (AvgIpc) is 3.18. The highest BCUT2D eigenvalue weighted by molar-refractivity contribution is 5.99. The quantitative estimate of drug-likeness (QED) is 0.376. The second-order valence-corrected chi connectivity index (χ2v) is 9.49. The molecular formula is C28H27N5O2. The van der Waals surface area contributed by atoms with E-state index in [1.54, 1.807) is 20.0 Å². The standard InChI is InChI=1S/C28H27N5O2/c1-17-25-22(20-13-18-7-4-5-9-23(18)30-15-20)8-6-10-24(25)33(32-17)21-14-19(11-12-28(2,3)35)26(27(29)34)31-16-21/h4-10,13-16,35H,11-12H2,1-3H3,(H2,29,34). The van der Waals surface area contributed by atoms with Crippen molar-refractivity contribution in [1.82, 2.24) is 19.7 Å². The number of carbonyl (C=O) groups excluding carboxylic acids is 1. The molecule has 1 amide bonds. The van der Waals surface area contributed by atoms with Crippen LogP contribution >= 0.6 is 0 Å². The summed E-state index contributed by atoms with van der Waals surface area (Å²) in [6.45, 7) is 5.46. The van der Waals surface area contributed by atoms with Crippen molar-refractivity contribution in [2.75, 3.05) is 0 Å². The predicted octanol–water partition coefficient (Wildman–Crippen LogP) is 4.75. The number of aryl methyl sites for hydroxylation is 2. The van der Waals surface area contributed by atoms with Crippen LogP contribution in [0.4, 0.5) is 0 Å². The van der Waals surface area contributed by atoms with E-state index in [9.17, 15) is 9.90 Å². The van der Waals surface area contributed by atoms with E-state index >= 15 is 0 Å². The molecule has 3 N–H and O–H groups in total. The summed E-state index contributed by atoms with van der Waals surface area (Å²) in [5.41, 5.74) is 11.2. The summed E-state index contributed by atoms with van der Waals surface area (Å²) in [4.78, 5) is 21.0.